The van der Waals surface area contributed by atoms with Crippen molar-refractivity contribution < 1.29 is 9.52 Å². The molecule has 0 spiro atoms. The molecule has 2 aromatic rings. The van der Waals surface area contributed by atoms with Gasteiger partial charge in [0.05, 0.1) is 5.71 Å². The Bertz CT molecular complexity index is 769. The quantitative estimate of drug-likeness (QED) is 0.458. The normalized spacial score (nSPS) is 11.1. The highest BCUT2D eigenvalue weighted by atomic mass is 32.1. The predicted molar refractivity (Wildman–Crippen MR) is 89.4 cm³/mol. The number of aryl methyl sites for hydroxylation is 1. The zero-order valence-corrected chi connectivity index (χ0v) is 12.9. The summed E-state index contributed by atoms with van der Waals surface area (Å²) in [5.74, 6) is 0.145. The molecule has 0 bridgehead atoms. The fourth-order valence-electron chi connectivity index (χ4n) is 1.80. The zero-order valence-electron chi connectivity index (χ0n) is 12.1. The lowest BCUT2D eigenvalue weighted by Crippen LogP contribution is -2.26. The fourth-order valence-corrected chi connectivity index (χ4v) is 1.96. The number of hydrazone groups is 1. The Hall–Kier alpha value is -2.67. The van der Waals surface area contributed by atoms with E-state index in [1.807, 2.05) is 30.3 Å². The smallest absolute Gasteiger partial charge is 0.348 e. The van der Waals surface area contributed by atoms with Gasteiger partial charge in [-0.05, 0) is 38.2 Å². The topological polar surface area (TPSA) is 86.9 Å². The van der Waals surface area contributed by atoms with E-state index in [1.165, 1.54) is 6.07 Å². The summed E-state index contributed by atoms with van der Waals surface area (Å²) in [6.07, 6.45) is 0. The van der Waals surface area contributed by atoms with Gasteiger partial charge in [0.15, 0.2) is 5.11 Å². The van der Waals surface area contributed by atoms with Crippen LogP contribution >= 0.6 is 12.2 Å². The first-order chi connectivity index (χ1) is 10.5. The summed E-state index contributed by atoms with van der Waals surface area (Å²) in [7, 11) is 0. The summed E-state index contributed by atoms with van der Waals surface area (Å²) in [4.78, 5) is 11.8. The second-order valence-electron chi connectivity index (χ2n) is 4.53. The highest BCUT2D eigenvalue weighted by Crippen LogP contribution is 2.15. The third kappa shape index (κ3) is 3.92. The average molecular weight is 317 g/mol. The Kier molecular flexibility index (Phi) is 4.90. The van der Waals surface area contributed by atoms with Crippen LogP contribution in [-0.2, 0) is 0 Å². The lowest BCUT2D eigenvalue weighted by molar-refractivity contribution is 0.432. The van der Waals surface area contributed by atoms with Gasteiger partial charge in [-0.1, -0.05) is 18.2 Å². The summed E-state index contributed by atoms with van der Waals surface area (Å²) in [5.41, 5.74) is 3.04. The van der Waals surface area contributed by atoms with Gasteiger partial charge in [0.2, 0.25) is 0 Å². The largest absolute Gasteiger partial charge is 0.507 e. The van der Waals surface area contributed by atoms with Gasteiger partial charge >= 0.3 is 5.63 Å². The molecule has 0 aliphatic heterocycles. The molecule has 0 fully saturated rings. The molecule has 0 amide bonds. The molecule has 0 aliphatic carbocycles. The summed E-state index contributed by atoms with van der Waals surface area (Å²) in [6, 6.07) is 10.7. The maximum Gasteiger partial charge on any atom is 0.348 e. The second-order valence-corrected chi connectivity index (χ2v) is 4.94. The van der Waals surface area contributed by atoms with Crippen LogP contribution in [0.5, 0.6) is 5.75 Å². The minimum atomic E-state index is -0.650. The Morgan fingerprint density at radius 1 is 1.32 bits per heavy atom. The van der Waals surface area contributed by atoms with Crippen LogP contribution in [0.1, 0.15) is 18.2 Å². The van der Waals surface area contributed by atoms with E-state index in [-0.39, 0.29) is 22.1 Å². The molecular formula is C15H15N3O3S. The summed E-state index contributed by atoms with van der Waals surface area (Å²) < 4.78 is 4.94. The fraction of sp³-hybridized carbons (Fsp3) is 0.133. The van der Waals surface area contributed by atoms with Crippen molar-refractivity contribution in [3.05, 3.63) is 58.1 Å². The van der Waals surface area contributed by atoms with Crippen molar-refractivity contribution in [1.29, 1.82) is 0 Å². The molecule has 1 aromatic carbocycles. The minimum Gasteiger partial charge on any atom is -0.507 e. The molecule has 0 radical (unpaired) electrons. The third-order valence-electron chi connectivity index (χ3n) is 2.77. The Morgan fingerprint density at radius 3 is 2.64 bits per heavy atom. The van der Waals surface area contributed by atoms with Crippen molar-refractivity contribution in [2.24, 2.45) is 5.10 Å². The van der Waals surface area contributed by atoms with Gasteiger partial charge in [0.1, 0.15) is 17.1 Å². The van der Waals surface area contributed by atoms with Gasteiger partial charge in [-0.15, -0.1) is 0 Å². The maximum absolute atomic E-state index is 11.8. The van der Waals surface area contributed by atoms with Crippen molar-refractivity contribution in [3.8, 4) is 5.75 Å². The third-order valence-corrected chi connectivity index (χ3v) is 2.97. The average Bonchev–Trinajstić information content (AvgIpc) is 2.45. The van der Waals surface area contributed by atoms with Gasteiger partial charge in [-0.2, -0.15) is 5.10 Å². The molecule has 22 heavy (non-hydrogen) atoms. The number of nitrogens with zero attached hydrogens (tertiary/aromatic N) is 1. The minimum absolute atomic E-state index is 0.000566. The van der Waals surface area contributed by atoms with E-state index in [0.29, 0.717) is 5.76 Å². The number of thiocarbonyl (C=S) groups is 1. The molecule has 3 N–H and O–H groups in total. The van der Waals surface area contributed by atoms with Crippen LogP contribution in [0.2, 0.25) is 0 Å². The van der Waals surface area contributed by atoms with E-state index in [4.69, 9.17) is 16.6 Å². The van der Waals surface area contributed by atoms with Gasteiger partial charge in [-0.3, -0.25) is 5.43 Å². The van der Waals surface area contributed by atoms with Crippen molar-refractivity contribution in [3.63, 3.8) is 0 Å². The van der Waals surface area contributed by atoms with Crippen molar-refractivity contribution in [2.45, 2.75) is 13.8 Å². The molecule has 0 saturated heterocycles. The van der Waals surface area contributed by atoms with Gasteiger partial charge in [-0.25, -0.2) is 4.79 Å². The van der Waals surface area contributed by atoms with Gasteiger partial charge in [0, 0.05) is 11.8 Å². The lowest BCUT2D eigenvalue weighted by Gasteiger charge is -2.08. The van der Waals surface area contributed by atoms with Crippen LogP contribution in [-0.4, -0.2) is 15.9 Å². The Labute approximate surface area is 132 Å². The van der Waals surface area contributed by atoms with E-state index in [2.05, 4.69) is 15.8 Å². The van der Waals surface area contributed by atoms with E-state index in [0.717, 1.165) is 5.69 Å². The lowest BCUT2D eigenvalue weighted by atomic mass is 10.2. The molecule has 1 heterocycles. The van der Waals surface area contributed by atoms with Crippen molar-refractivity contribution in [2.75, 3.05) is 5.32 Å². The first-order valence-corrected chi connectivity index (χ1v) is 6.88. The summed E-state index contributed by atoms with van der Waals surface area (Å²) >= 11 is 5.10. The highest BCUT2D eigenvalue weighted by Gasteiger charge is 2.13. The van der Waals surface area contributed by atoms with Gasteiger partial charge < -0.3 is 14.8 Å². The number of aromatic hydroxyl groups is 1. The van der Waals surface area contributed by atoms with Crippen molar-refractivity contribution in [1.82, 2.24) is 5.43 Å². The Morgan fingerprint density at radius 2 is 2.00 bits per heavy atom. The van der Waals surface area contributed by atoms with Crippen LogP contribution in [0.3, 0.4) is 0 Å². The molecule has 0 saturated carbocycles. The maximum atomic E-state index is 11.8. The van der Waals surface area contributed by atoms with Crippen LogP contribution in [0.15, 0.2) is 50.7 Å². The summed E-state index contributed by atoms with van der Waals surface area (Å²) in [6.45, 7) is 3.15. The number of hydrogen-bond acceptors (Lipinski definition) is 5. The molecule has 114 valence electrons. The van der Waals surface area contributed by atoms with E-state index >= 15 is 0 Å². The van der Waals surface area contributed by atoms with Gasteiger partial charge in [0.25, 0.3) is 0 Å². The van der Waals surface area contributed by atoms with E-state index < -0.39 is 5.63 Å². The molecule has 0 aliphatic rings. The molecule has 0 unspecified atom stereocenters. The SMILES string of the molecule is C/C(=N\NC(=S)Nc1ccccc1)c1c(O)cc(C)oc1=O. The number of nitrogens with one attached hydrogen (secondary N) is 2. The summed E-state index contributed by atoms with van der Waals surface area (Å²) in [5, 5.41) is 17.0. The van der Waals surface area contributed by atoms with Crippen molar-refractivity contribution >= 4 is 28.7 Å². The number of anilines is 1. The van der Waals surface area contributed by atoms with Crippen LogP contribution in [0.25, 0.3) is 0 Å². The monoisotopic (exact) mass is 317 g/mol. The molecule has 2 rings (SSSR count). The second kappa shape index (κ2) is 6.86. The highest BCUT2D eigenvalue weighted by molar-refractivity contribution is 7.80. The zero-order chi connectivity index (χ0) is 16.1. The van der Waals surface area contributed by atoms with Crippen LogP contribution in [0.4, 0.5) is 5.69 Å². The van der Waals surface area contributed by atoms with E-state index in [9.17, 15) is 9.90 Å². The molecular weight excluding hydrogens is 302 g/mol. The Balaban J connectivity index is 2.10. The van der Waals surface area contributed by atoms with E-state index in [1.54, 1.807) is 13.8 Å². The first-order valence-electron chi connectivity index (χ1n) is 6.48. The van der Waals surface area contributed by atoms with Crippen LogP contribution in [0, 0.1) is 6.92 Å². The predicted octanol–water partition coefficient (Wildman–Crippen LogP) is 2.36. The molecule has 7 heteroatoms. The molecule has 0 atom stereocenters. The molecule has 6 nitrogen and oxygen atoms in total. The standard InChI is InChI=1S/C15H15N3O3S/c1-9-8-12(19)13(14(20)21-9)10(2)17-18-15(22)16-11-6-4-3-5-7-11/h3-8,19H,1-2H3,(H2,16,18,22)/b17-10+. The first kappa shape index (κ1) is 15.7. The molecule has 1 aromatic heterocycles. The van der Waals surface area contributed by atoms with Crippen LogP contribution < -0.4 is 16.4 Å². The number of hydrogen-bond donors (Lipinski definition) is 3. The number of benzene rings is 1. The number of para-hydroxylation sites is 1. The number of rotatable bonds is 3.